The summed E-state index contributed by atoms with van der Waals surface area (Å²) in [6.07, 6.45) is 4.86. The van der Waals surface area contributed by atoms with Gasteiger partial charge in [0, 0.05) is 34.7 Å². The maximum atomic E-state index is 12.3. The summed E-state index contributed by atoms with van der Waals surface area (Å²) in [6, 6.07) is 17.2. The molecule has 0 aliphatic heterocycles. The van der Waals surface area contributed by atoms with Gasteiger partial charge in [-0.05, 0) is 48.5 Å². The van der Waals surface area contributed by atoms with Crippen molar-refractivity contribution in [2.45, 2.75) is 0 Å². The van der Waals surface area contributed by atoms with E-state index in [0.717, 1.165) is 0 Å². The van der Waals surface area contributed by atoms with E-state index < -0.39 is 0 Å². The predicted octanol–water partition coefficient (Wildman–Crippen LogP) is 4.36. The largest absolute Gasteiger partial charge is 0.439 e. The predicted molar refractivity (Wildman–Crippen MR) is 105 cm³/mol. The maximum Gasteiger partial charge on any atom is 0.255 e. The third-order valence-corrected chi connectivity index (χ3v) is 4.02. The lowest BCUT2D eigenvalue weighted by molar-refractivity contribution is 0.102. The monoisotopic (exact) mass is 391 g/mol. The molecule has 4 aromatic rings. The third-order valence-electron chi connectivity index (χ3n) is 3.79. The van der Waals surface area contributed by atoms with E-state index in [4.69, 9.17) is 16.3 Å². The Morgan fingerprint density at radius 3 is 2.64 bits per heavy atom. The second kappa shape index (κ2) is 7.89. The molecule has 2 aromatic heterocycles. The van der Waals surface area contributed by atoms with Gasteiger partial charge in [-0.1, -0.05) is 17.7 Å². The smallest absolute Gasteiger partial charge is 0.255 e. The van der Waals surface area contributed by atoms with Gasteiger partial charge in [0.15, 0.2) is 5.82 Å². The molecule has 1 N–H and O–H groups in total. The molecule has 4 rings (SSSR count). The molecule has 0 saturated heterocycles. The Morgan fingerprint density at radius 2 is 1.89 bits per heavy atom. The fourth-order valence-electron chi connectivity index (χ4n) is 2.48. The molecule has 28 heavy (non-hydrogen) atoms. The van der Waals surface area contributed by atoms with Crippen molar-refractivity contribution >= 4 is 23.2 Å². The Hall–Kier alpha value is -3.71. The minimum Gasteiger partial charge on any atom is -0.439 e. The van der Waals surface area contributed by atoms with E-state index >= 15 is 0 Å². The Labute approximate surface area is 165 Å². The molecule has 8 heteroatoms. The van der Waals surface area contributed by atoms with Crippen LogP contribution in [0.1, 0.15) is 10.4 Å². The number of carbonyl (C=O) groups excluding carboxylic acids is 1. The molecule has 0 fully saturated rings. The van der Waals surface area contributed by atoms with Crippen LogP contribution in [-0.2, 0) is 0 Å². The molecule has 2 aromatic carbocycles. The zero-order chi connectivity index (χ0) is 19.3. The van der Waals surface area contributed by atoms with Crippen molar-refractivity contribution in [1.29, 1.82) is 0 Å². The average molecular weight is 392 g/mol. The molecule has 0 unspecified atom stereocenters. The highest BCUT2D eigenvalue weighted by Crippen LogP contribution is 2.22. The number of nitrogens with one attached hydrogen (secondary N) is 1. The number of ether oxygens (including phenoxy) is 1. The minimum absolute atomic E-state index is 0.240. The lowest BCUT2D eigenvalue weighted by atomic mass is 10.2. The molecular formula is C20H14ClN5O2. The molecule has 2 heterocycles. The first-order chi connectivity index (χ1) is 13.7. The van der Waals surface area contributed by atoms with Crippen LogP contribution in [0.5, 0.6) is 11.6 Å². The molecule has 7 nitrogen and oxygen atoms in total. The summed E-state index contributed by atoms with van der Waals surface area (Å²) in [7, 11) is 0. The van der Waals surface area contributed by atoms with Gasteiger partial charge < -0.3 is 10.1 Å². The van der Waals surface area contributed by atoms with Gasteiger partial charge in [0.2, 0.25) is 5.88 Å². The van der Waals surface area contributed by atoms with Crippen molar-refractivity contribution in [1.82, 2.24) is 19.7 Å². The van der Waals surface area contributed by atoms with Gasteiger partial charge in [0.25, 0.3) is 5.91 Å². The molecular weight excluding hydrogens is 378 g/mol. The zero-order valence-corrected chi connectivity index (χ0v) is 15.2. The second-order valence-corrected chi connectivity index (χ2v) is 6.19. The summed E-state index contributed by atoms with van der Waals surface area (Å²) in [5.41, 5.74) is 1.12. The molecule has 0 bridgehead atoms. The number of hydrogen-bond donors (Lipinski definition) is 1. The topological polar surface area (TPSA) is 81.9 Å². The van der Waals surface area contributed by atoms with Gasteiger partial charge in [-0.3, -0.25) is 4.79 Å². The standard InChI is InChI=1S/C20H14ClN5O2/c21-15-4-1-3-14(11-15)20(27)25-16-5-7-17(8-6-16)28-19-12-18(22-13-23-19)26-10-2-9-24-26/h1-13H,(H,25,27). The summed E-state index contributed by atoms with van der Waals surface area (Å²) >= 11 is 5.92. The van der Waals surface area contributed by atoms with E-state index in [0.29, 0.717) is 33.7 Å². The van der Waals surface area contributed by atoms with E-state index in [9.17, 15) is 4.79 Å². The van der Waals surface area contributed by atoms with E-state index in [-0.39, 0.29) is 5.91 Å². The molecule has 0 aliphatic carbocycles. The Kier molecular flexibility index (Phi) is 4.99. The fourth-order valence-corrected chi connectivity index (χ4v) is 2.67. The van der Waals surface area contributed by atoms with Gasteiger partial charge in [-0.15, -0.1) is 0 Å². The molecule has 0 aliphatic rings. The Bertz CT molecular complexity index is 1100. The molecule has 0 radical (unpaired) electrons. The Balaban J connectivity index is 1.44. The highest BCUT2D eigenvalue weighted by Gasteiger charge is 2.08. The maximum absolute atomic E-state index is 12.3. The number of rotatable bonds is 5. The first kappa shape index (κ1) is 17.7. The lowest BCUT2D eigenvalue weighted by Gasteiger charge is -2.08. The fraction of sp³-hybridized carbons (Fsp3) is 0. The van der Waals surface area contributed by atoms with Gasteiger partial charge in [-0.25, -0.2) is 14.6 Å². The van der Waals surface area contributed by atoms with Crippen LogP contribution in [0.4, 0.5) is 5.69 Å². The number of benzene rings is 2. The number of hydrogen-bond acceptors (Lipinski definition) is 5. The van der Waals surface area contributed by atoms with Crippen molar-refractivity contribution in [2.75, 3.05) is 5.32 Å². The van der Waals surface area contributed by atoms with E-state index in [2.05, 4.69) is 20.4 Å². The highest BCUT2D eigenvalue weighted by atomic mass is 35.5. The van der Waals surface area contributed by atoms with Crippen molar-refractivity contribution in [3.8, 4) is 17.4 Å². The lowest BCUT2D eigenvalue weighted by Crippen LogP contribution is -2.11. The van der Waals surface area contributed by atoms with E-state index in [1.54, 1.807) is 77.7 Å². The van der Waals surface area contributed by atoms with E-state index in [1.165, 1.54) is 6.33 Å². The quantitative estimate of drug-likeness (QED) is 0.546. The van der Waals surface area contributed by atoms with Gasteiger partial charge in [-0.2, -0.15) is 5.10 Å². The van der Waals surface area contributed by atoms with Crippen LogP contribution in [0.3, 0.4) is 0 Å². The normalized spacial score (nSPS) is 10.5. The number of anilines is 1. The summed E-state index contributed by atoms with van der Waals surface area (Å²) in [5.74, 6) is 1.32. The molecule has 0 spiro atoms. The van der Waals surface area contributed by atoms with Crippen LogP contribution in [0.15, 0.2) is 79.4 Å². The van der Waals surface area contributed by atoms with Gasteiger partial charge in [0.05, 0.1) is 0 Å². The van der Waals surface area contributed by atoms with Crippen LogP contribution < -0.4 is 10.1 Å². The van der Waals surface area contributed by atoms with Crippen LogP contribution in [0.25, 0.3) is 5.82 Å². The number of carbonyl (C=O) groups is 1. The van der Waals surface area contributed by atoms with Crippen LogP contribution in [0.2, 0.25) is 5.02 Å². The highest BCUT2D eigenvalue weighted by molar-refractivity contribution is 6.31. The van der Waals surface area contributed by atoms with Gasteiger partial charge >= 0.3 is 0 Å². The van der Waals surface area contributed by atoms with Crippen molar-refractivity contribution < 1.29 is 9.53 Å². The van der Waals surface area contributed by atoms with Crippen molar-refractivity contribution in [3.63, 3.8) is 0 Å². The third kappa shape index (κ3) is 4.16. The van der Waals surface area contributed by atoms with Crippen LogP contribution in [0, 0.1) is 0 Å². The summed E-state index contributed by atoms with van der Waals surface area (Å²) in [6.45, 7) is 0. The Morgan fingerprint density at radius 1 is 1.04 bits per heavy atom. The van der Waals surface area contributed by atoms with Gasteiger partial charge in [0.1, 0.15) is 12.1 Å². The second-order valence-electron chi connectivity index (χ2n) is 5.76. The molecule has 1 amide bonds. The molecule has 0 atom stereocenters. The van der Waals surface area contributed by atoms with Crippen molar-refractivity contribution in [2.24, 2.45) is 0 Å². The SMILES string of the molecule is O=C(Nc1ccc(Oc2cc(-n3cccn3)ncn2)cc1)c1cccc(Cl)c1. The minimum atomic E-state index is -0.240. The van der Waals surface area contributed by atoms with E-state index in [1.807, 2.05) is 0 Å². The summed E-state index contributed by atoms with van der Waals surface area (Å²) < 4.78 is 7.37. The van der Waals surface area contributed by atoms with Crippen LogP contribution in [-0.4, -0.2) is 25.7 Å². The number of aromatic nitrogens is 4. The number of nitrogens with zero attached hydrogens (tertiary/aromatic N) is 4. The molecule has 138 valence electrons. The summed E-state index contributed by atoms with van der Waals surface area (Å²) in [4.78, 5) is 20.5. The summed E-state index contributed by atoms with van der Waals surface area (Å²) in [5, 5.41) is 7.45. The first-order valence-corrected chi connectivity index (χ1v) is 8.72. The van der Waals surface area contributed by atoms with Crippen molar-refractivity contribution in [3.05, 3.63) is 90.0 Å². The zero-order valence-electron chi connectivity index (χ0n) is 14.5. The number of halogens is 1. The average Bonchev–Trinajstić information content (AvgIpc) is 3.25. The van der Waals surface area contributed by atoms with Crippen LogP contribution >= 0.6 is 11.6 Å². The number of amides is 1. The first-order valence-electron chi connectivity index (χ1n) is 8.34. The molecule has 0 saturated carbocycles.